The number of nitrogens with zero attached hydrogens (tertiary/aromatic N) is 5. The van der Waals surface area contributed by atoms with Crippen LogP contribution in [0.3, 0.4) is 0 Å². The van der Waals surface area contributed by atoms with E-state index < -0.39 is 22.7 Å². The molecule has 1 heterocycles. The third-order valence-electron chi connectivity index (χ3n) is 3.31. The Morgan fingerprint density at radius 1 is 1.50 bits per heavy atom. The zero-order valence-electron chi connectivity index (χ0n) is 12.0. The minimum Gasteiger partial charge on any atom is -0.390 e. The molecule has 8 nitrogen and oxygen atoms in total. The van der Waals surface area contributed by atoms with Crippen molar-refractivity contribution in [1.82, 2.24) is 19.7 Å². The lowest BCUT2D eigenvalue weighted by Gasteiger charge is -2.25. The van der Waals surface area contributed by atoms with E-state index in [1.807, 2.05) is 0 Å². The van der Waals surface area contributed by atoms with E-state index >= 15 is 0 Å². The second-order valence-electron chi connectivity index (χ2n) is 4.70. The van der Waals surface area contributed by atoms with E-state index in [0.29, 0.717) is 5.56 Å². The van der Waals surface area contributed by atoms with Crippen LogP contribution in [0.4, 0.5) is 10.3 Å². The second-order valence-corrected chi connectivity index (χ2v) is 4.70. The number of nitro groups is 1. The molecule has 1 amide bonds. The normalized spacial score (nSPS) is 12.0. The summed E-state index contributed by atoms with van der Waals surface area (Å²) in [5, 5.41) is 14.1. The summed E-state index contributed by atoms with van der Waals surface area (Å²) in [6.45, 7) is 1.48. The maximum atomic E-state index is 13.7. The molecule has 0 bridgehead atoms. The molecule has 0 aliphatic carbocycles. The lowest BCUT2D eigenvalue weighted by atomic mass is 10.1. The van der Waals surface area contributed by atoms with Gasteiger partial charge < -0.3 is 15.0 Å². The van der Waals surface area contributed by atoms with Gasteiger partial charge >= 0.3 is 5.95 Å². The molecule has 0 saturated carbocycles. The molecule has 0 saturated heterocycles. The molecule has 2 aromatic rings. The summed E-state index contributed by atoms with van der Waals surface area (Å²) in [5.74, 6) is -1.33. The SMILES string of the molecule is CC(c1ccccc1F)N(C)C(=O)Cn1cnc([N+](=O)[O-])n1. The van der Waals surface area contributed by atoms with Crippen LogP contribution in [0, 0.1) is 15.9 Å². The van der Waals surface area contributed by atoms with Crippen molar-refractivity contribution in [2.45, 2.75) is 19.5 Å². The van der Waals surface area contributed by atoms with Crippen molar-refractivity contribution in [1.29, 1.82) is 0 Å². The Kier molecular flexibility index (Phi) is 4.44. The Hall–Kier alpha value is -2.84. The van der Waals surface area contributed by atoms with Crippen molar-refractivity contribution in [3.05, 3.63) is 52.1 Å². The lowest BCUT2D eigenvalue weighted by molar-refractivity contribution is -0.394. The van der Waals surface area contributed by atoms with Crippen molar-refractivity contribution < 1.29 is 14.1 Å². The topological polar surface area (TPSA) is 94.2 Å². The highest BCUT2D eigenvalue weighted by Gasteiger charge is 2.22. The summed E-state index contributed by atoms with van der Waals surface area (Å²) < 4.78 is 14.8. The summed E-state index contributed by atoms with van der Waals surface area (Å²) >= 11 is 0. The zero-order valence-corrected chi connectivity index (χ0v) is 12.0. The van der Waals surface area contributed by atoms with Crippen LogP contribution in [0.5, 0.6) is 0 Å². The van der Waals surface area contributed by atoms with Crippen LogP contribution in [0.2, 0.25) is 0 Å². The van der Waals surface area contributed by atoms with Crippen LogP contribution in [0.15, 0.2) is 30.6 Å². The number of halogens is 1. The van der Waals surface area contributed by atoms with Gasteiger partial charge in [-0.25, -0.2) is 4.39 Å². The lowest BCUT2D eigenvalue weighted by Crippen LogP contribution is -2.33. The van der Waals surface area contributed by atoms with E-state index in [4.69, 9.17) is 0 Å². The fraction of sp³-hybridized carbons (Fsp3) is 0.308. The van der Waals surface area contributed by atoms with Crippen LogP contribution < -0.4 is 0 Å². The Bertz CT molecular complexity index is 702. The number of amides is 1. The number of likely N-dealkylation sites (N-methyl/N-ethyl adjacent to an activating group) is 1. The van der Waals surface area contributed by atoms with Gasteiger partial charge in [-0.2, -0.15) is 4.68 Å². The van der Waals surface area contributed by atoms with Gasteiger partial charge in [-0.3, -0.25) is 4.79 Å². The van der Waals surface area contributed by atoms with Crippen molar-refractivity contribution in [3.63, 3.8) is 0 Å². The fourth-order valence-corrected chi connectivity index (χ4v) is 1.93. The molecule has 1 aromatic carbocycles. The standard InChI is InChI=1S/C13H14FN5O3/c1-9(10-5-3-4-6-11(10)14)17(2)12(20)7-18-8-15-13(16-18)19(21)22/h3-6,8-9H,7H2,1-2H3. The third-order valence-corrected chi connectivity index (χ3v) is 3.31. The summed E-state index contributed by atoms with van der Waals surface area (Å²) in [4.78, 5) is 26.7. The first-order valence-electron chi connectivity index (χ1n) is 6.44. The van der Waals surface area contributed by atoms with Crippen LogP contribution in [-0.2, 0) is 11.3 Å². The average Bonchev–Trinajstić information content (AvgIpc) is 2.95. The van der Waals surface area contributed by atoms with Gasteiger partial charge in [0.2, 0.25) is 12.2 Å². The van der Waals surface area contributed by atoms with Crippen LogP contribution in [0.1, 0.15) is 18.5 Å². The number of benzene rings is 1. The largest absolute Gasteiger partial charge is 0.490 e. The van der Waals surface area contributed by atoms with Gasteiger partial charge in [-0.05, 0) is 17.9 Å². The van der Waals surface area contributed by atoms with Gasteiger partial charge in [0.1, 0.15) is 12.4 Å². The number of aromatic nitrogens is 3. The maximum absolute atomic E-state index is 13.7. The third kappa shape index (κ3) is 3.25. The molecular formula is C13H14FN5O3. The first kappa shape index (κ1) is 15.5. The summed E-state index contributed by atoms with van der Waals surface area (Å²) in [6, 6.07) is 5.71. The number of rotatable bonds is 5. The van der Waals surface area contributed by atoms with Crippen molar-refractivity contribution in [2.24, 2.45) is 0 Å². The second kappa shape index (κ2) is 6.29. The molecule has 0 radical (unpaired) electrons. The molecule has 116 valence electrons. The van der Waals surface area contributed by atoms with E-state index in [2.05, 4.69) is 10.1 Å². The van der Waals surface area contributed by atoms with Crippen molar-refractivity contribution in [3.8, 4) is 0 Å². The van der Waals surface area contributed by atoms with E-state index in [0.717, 1.165) is 11.0 Å². The van der Waals surface area contributed by atoms with E-state index in [1.165, 1.54) is 18.0 Å². The first-order valence-corrected chi connectivity index (χ1v) is 6.44. The van der Waals surface area contributed by atoms with E-state index in [1.54, 1.807) is 25.1 Å². The first-order chi connectivity index (χ1) is 10.4. The Labute approximate surface area is 125 Å². The smallest absolute Gasteiger partial charge is 0.390 e. The Balaban J connectivity index is 2.08. The average molecular weight is 307 g/mol. The van der Waals surface area contributed by atoms with Crippen LogP contribution in [-0.4, -0.2) is 37.5 Å². The molecule has 1 aromatic heterocycles. The molecule has 1 unspecified atom stereocenters. The van der Waals surface area contributed by atoms with Gasteiger partial charge in [0.05, 0.1) is 6.04 Å². The van der Waals surface area contributed by atoms with E-state index in [-0.39, 0.29) is 12.5 Å². The predicted octanol–water partition coefficient (Wildman–Crippen LogP) is 1.54. The van der Waals surface area contributed by atoms with Gasteiger partial charge in [-0.1, -0.05) is 23.2 Å². The molecule has 0 fully saturated rings. The molecule has 22 heavy (non-hydrogen) atoms. The monoisotopic (exact) mass is 307 g/mol. The molecule has 2 rings (SSSR count). The molecule has 0 aliphatic heterocycles. The molecule has 0 aliphatic rings. The molecule has 0 N–H and O–H groups in total. The minimum absolute atomic E-state index is 0.212. The number of carbonyl (C=O) groups excluding carboxylic acids is 1. The molecule has 0 spiro atoms. The van der Waals surface area contributed by atoms with Gasteiger partial charge in [0, 0.05) is 17.7 Å². The van der Waals surface area contributed by atoms with Gasteiger partial charge in [0.25, 0.3) is 0 Å². The summed E-state index contributed by atoms with van der Waals surface area (Å²) in [5.41, 5.74) is 0.392. The molecule has 1 atom stereocenters. The predicted molar refractivity (Wildman–Crippen MR) is 74.3 cm³/mol. The summed E-state index contributed by atoms with van der Waals surface area (Å²) in [7, 11) is 1.53. The van der Waals surface area contributed by atoms with Crippen LogP contribution in [0.25, 0.3) is 0 Å². The molecular weight excluding hydrogens is 293 g/mol. The highest BCUT2D eigenvalue weighted by atomic mass is 19.1. The highest BCUT2D eigenvalue weighted by molar-refractivity contribution is 5.76. The number of hydrogen-bond acceptors (Lipinski definition) is 5. The fourth-order valence-electron chi connectivity index (χ4n) is 1.93. The van der Waals surface area contributed by atoms with Crippen LogP contribution >= 0.6 is 0 Å². The Morgan fingerprint density at radius 3 is 2.77 bits per heavy atom. The highest BCUT2D eigenvalue weighted by Crippen LogP contribution is 2.21. The van der Waals surface area contributed by atoms with Gasteiger partial charge in [0.15, 0.2) is 0 Å². The summed E-state index contributed by atoms with van der Waals surface area (Å²) in [6.07, 6.45) is 1.11. The van der Waals surface area contributed by atoms with Gasteiger partial charge in [-0.15, -0.1) is 0 Å². The number of carbonyl (C=O) groups is 1. The van der Waals surface area contributed by atoms with Crippen molar-refractivity contribution in [2.75, 3.05) is 7.05 Å². The quantitative estimate of drug-likeness (QED) is 0.617. The van der Waals surface area contributed by atoms with Crippen molar-refractivity contribution >= 4 is 11.9 Å². The minimum atomic E-state index is -0.743. The van der Waals surface area contributed by atoms with E-state index in [9.17, 15) is 19.3 Å². The molecule has 9 heteroatoms. The Morgan fingerprint density at radius 2 is 2.18 bits per heavy atom. The number of hydrogen-bond donors (Lipinski definition) is 0. The maximum Gasteiger partial charge on any atom is 0.490 e. The zero-order chi connectivity index (χ0) is 16.3.